The van der Waals surface area contributed by atoms with Crippen LogP contribution in [0.25, 0.3) is 0 Å². The van der Waals surface area contributed by atoms with Gasteiger partial charge in [0.1, 0.15) is 11.9 Å². The van der Waals surface area contributed by atoms with Gasteiger partial charge < -0.3 is 9.47 Å². The quantitative estimate of drug-likeness (QED) is 0.848. The lowest BCUT2D eigenvalue weighted by Gasteiger charge is -2.31. The maximum absolute atomic E-state index is 12.4. The first kappa shape index (κ1) is 13.2. The zero-order chi connectivity index (χ0) is 15.1. The Kier molecular flexibility index (Phi) is 3.03. The number of cyclic esters (lactones) is 1. The van der Waals surface area contributed by atoms with Crippen molar-refractivity contribution in [3.8, 4) is 5.75 Å². The molecule has 2 aromatic carbocycles. The Balaban J connectivity index is 1.72. The number of amides is 1. The summed E-state index contributed by atoms with van der Waals surface area (Å²) in [4.78, 5) is 14.2. The fourth-order valence-electron chi connectivity index (χ4n) is 3.43. The second-order valence-corrected chi connectivity index (χ2v) is 5.69. The summed E-state index contributed by atoms with van der Waals surface area (Å²) in [5.41, 5.74) is 3.14. The molecule has 1 saturated heterocycles. The van der Waals surface area contributed by atoms with Crippen LogP contribution in [0.15, 0.2) is 48.5 Å². The van der Waals surface area contributed by atoms with Gasteiger partial charge in [0.2, 0.25) is 0 Å². The summed E-state index contributed by atoms with van der Waals surface area (Å²) < 4.78 is 10.9. The Morgan fingerprint density at radius 3 is 2.77 bits per heavy atom. The van der Waals surface area contributed by atoms with E-state index >= 15 is 0 Å². The number of methoxy groups -OCH3 is 1. The van der Waals surface area contributed by atoms with E-state index in [0.717, 1.165) is 35.4 Å². The van der Waals surface area contributed by atoms with Crippen LogP contribution in [0.2, 0.25) is 0 Å². The maximum Gasteiger partial charge on any atom is 0.415 e. The maximum atomic E-state index is 12.4. The van der Waals surface area contributed by atoms with Crippen molar-refractivity contribution in [3.05, 3.63) is 59.7 Å². The van der Waals surface area contributed by atoms with Crippen LogP contribution >= 0.6 is 0 Å². The van der Waals surface area contributed by atoms with Crippen molar-refractivity contribution in [2.75, 3.05) is 12.0 Å². The Labute approximate surface area is 129 Å². The van der Waals surface area contributed by atoms with Gasteiger partial charge in [-0.1, -0.05) is 30.3 Å². The molecule has 2 heterocycles. The summed E-state index contributed by atoms with van der Waals surface area (Å²) in [6.07, 6.45) is 1.37. The number of anilines is 1. The summed E-state index contributed by atoms with van der Waals surface area (Å²) in [5, 5.41) is 0. The number of rotatable bonds is 2. The van der Waals surface area contributed by atoms with E-state index in [0.29, 0.717) is 0 Å². The normalized spacial score (nSPS) is 22.8. The topological polar surface area (TPSA) is 38.8 Å². The predicted molar refractivity (Wildman–Crippen MR) is 83.2 cm³/mol. The molecular weight excluding hydrogens is 278 g/mol. The van der Waals surface area contributed by atoms with Crippen molar-refractivity contribution in [2.24, 2.45) is 0 Å². The third-order valence-electron chi connectivity index (χ3n) is 4.49. The first-order valence-electron chi connectivity index (χ1n) is 7.49. The Bertz CT molecular complexity index is 714. The van der Waals surface area contributed by atoms with Gasteiger partial charge in [-0.15, -0.1) is 0 Å². The number of aryl methyl sites for hydroxylation is 1. The SMILES string of the molecule is COc1ccc2c(c1)CC[C@@H]1[C@H](c3ccccc3)OC(=O)N21. The van der Waals surface area contributed by atoms with Crippen molar-refractivity contribution in [1.29, 1.82) is 0 Å². The van der Waals surface area contributed by atoms with Crippen LogP contribution < -0.4 is 9.64 Å². The number of hydrogen-bond donors (Lipinski definition) is 0. The highest BCUT2D eigenvalue weighted by molar-refractivity contribution is 5.92. The number of nitrogens with zero attached hydrogens (tertiary/aromatic N) is 1. The lowest BCUT2D eigenvalue weighted by molar-refractivity contribution is 0.131. The lowest BCUT2D eigenvalue weighted by Crippen LogP contribution is -2.38. The fourth-order valence-corrected chi connectivity index (χ4v) is 3.43. The van der Waals surface area contributed by atoms with E-state index in [1.807, 2.05) is 48.5 Å². The van der Waals surface area contributed by atoms with Crippen molar-refractivity contribution < 1.29 is 14.3 Å². The van der Waals surface area contributed by atoms with E-state index < -0.39 is 0 Å². The number of ether oxygens (including phenoxy) is 2. The summed E-state index contributed by atoms with van der Waals surface area (Å²) >= 11 is 0. The van der Waals surface area contributed by atoms with Gasteiger partial charge >= 0.3 is 6.09 Å². The molecule has 4 heteroatoms. The Morgan fingerprint density at radius 1 is 1.18 bits per heavy atom. The number of carbonyl (C=O) groups excluding carboxylic acids is 1. The molecule has 0 aliphatic carbocycles. The number of benzene rings is 2. The summed E-state index contributed by atoms with van der Waals surface area (Å²) in [5.74, 6) is 0.823. The van der Waals surface area contributed by atoms with E-state index in [2.05, 4.69) is 0 Å². The first-order valence-corrected chi connectivity index (χ1v) is 7.49. The molecule has 0 bridgehead atoms. The molecule has 4 rings (SSSR count). The molecule has 22 heavy (non-hydrogen) atoms. The van der Waals surface area contributed by atoms with Gasteiger partial charge in [0.05, 0.1) is 18.8 Å². The standard InChI is InChI=1S/C18H17NO3/c1-21-14-8-10-15-13(11-14)7-9-16-17(22-18(20)19(15)16)12-5-3-2-4-6-12/h2-6,8,10-11,16-17H,7,9H2,1H3/t16-,17+/m1/s1. The molecule has 2 aromatic rings. The largest absolute Gasteiger partial charge is 0.497 e. The molecule has 0 N–H and O–H groups in total. The highest BCUT2D eigenvalue weighted by Gasteiger charge is 2.45. The molecule has 2 aliphatic rings. The molecule has 2 atom stereocenters. The van der Waals surface area contributed by atoms with Crippen LogP contribution in [-0.4, -0.2) is 19.2 Å². The minimum absolute atomic E-state index is 0.0656. The van der Waals surface area contributed by atoms with Crippen LogP contribution in [0.4, 0.5) is 10.5 Å². The summed E-state index contributed by atoms with van der Waals surface area (Å²) in [6, 6.07) is 15.9. The first-order chi connectivity index (χ1) is 10.8. The second-order valence-electron chi connectivity index (χ2n) is 5.69. The molecule has 2 aliphatic heterocycles. The van der Waals surface area contributed by atoms with Crippen LogP contribution in [0.5, 0.6) is 5.75 Å². The van der Waals surface area contributed by atoms with Crippen LogP contribution in [0, 0.1) is 0 Å². The molecule has 112 valence electrons. The van der Waals surface area contributed by atoms with Gasteiger partial charge in [-0.2, -0.15) is 0 Å². The summed E-state index contributed by atoms with van der Waals surface area (Å²) in [7, 11) is 1.66. The van der Waals surface area contributed by atoms with E-state index in [4.69, 9.17) is 9.47 Å². The van der Waals surface area contributed by atoms with Gasteiger partial charge in [-0.3, -0.25) is 4.90 Å². The van der Waals surface area contributed by atoms with Crippen molar-refractivity contribution in [3.63, 3.8) is 0 Å². The highest BCUT2D eigenvalue weighted by Crippen LogP contribution is 2.43. The number of fused-ring (bicyclic) bond motifs is 3. The van der Waals surface area contributed by atoms with Gasteiger partial charge in [-0.25, -0.2) is 4.79 Å². The van der Waals surface area contributed by atoms with Crippen LogP contribution in [0.3, 0.4) is 0 Å². The molecule has 1 amide bonds. The number of hydrogen-bond acceptors (Lipinski definition) is 3. The van der Waals surface area contributed by atoms with E-state index in [1.54, 1.807) is 12.0 Å². The zero-order valence-electron chi connectivity index (χ0n) is 12.4. The Hall–Kier alpha value is -2.49. The smallest absolute Gasteiger partial charge is 0.415 e. The zero-order valence-corrected chi connectivity index (χ0v) is 12.4. The van der Waals surface area contributed by atoms with Crippen LogP contribution in [0.1, 0.15) is 23.7 Å². The van der Waals surface area contributed by atoms with Gasteiger partial charge in [0, 0.05) is 0 Å². The minimum atomic E-state index is -0.259. The average molecular weight is 295 g/mol. The van der Waals surface area contributed by atoms with Gasteiger partial charge in [-0.05, 0) is 42.2 Å². The molecule has 4 nitrogen and oxygen atoms in total. The third-order valence-corrected chi connectivity index (χ3v) is 4.49. The minimum Gasteiger partial charge on any atom is -0.497 e. The lowest BCUT2D eigenvalue weighted by atomic mass is 9.91. The highest BCUT2D eigenvalue weighted by atomic mass is 16.6. The van der Waals surface area contributed by atoms with Gasteiger partial charge in [0.25, 0.3) is 0 Å². The average Bonchev–Trinajstić information content (AvgIpc) is 2.92. The van der Waals surface area contributed by atoms with Crippen molar-refractivity contribution >= 4 is 11.8 Å². The monoisotopic (exact) mass is 295 g/mol. The van der Waals surface area contributed by atoms with Crippen molar-refractivity contribution in [2.45, 2.75) is 25.0 Å². The Morgan fingerprint density at radius 2 is 2.00 bits per heavy atom. The van der Waals surface area contributed by atoms with Crippen molar-refractivity contribution in [1.82, 2.24) is 0 Å². The van der Waals surface area contributed by atoms with E-state index in [9.17, 15) is 4.79 Å². The molecule has 0 spiro atoms. The van der Waals surface area contributed by atoms with E-state index in [1.165, 1.54) is 0 Å². The molecular formula is C18H17NO3. The third kappa shape index (κ3) is 1.95. The molecule has 0 aromatic heterocycles. The number of carbonyl (C=O) groups is 1. The fraction of sp³-hybridized carbons (Fsp3) is 0.278. The molecule has 0 unspecified atom stereocenters. The van der Waals surface area contributed by atoms with E-state index in [-0.39, 0.29) is 18.2 Å². The van der Waals surface area contributed by atoms with Crippen LogP contribution in [-0.2, 0) is 11.2 Å². The molecule has 1 fully saturated rings. The second kappa shape index (κ2) is 5.05. The predicted octanol–water partition coefficient (Wildman–Crippen LogP) is 3.71. The van der Waals surface area contributed by atoms with Gasteiger partial charge in [0.15, 0.2) is 0 Å². The molecule has 0 saturated carbocycles. The summed E-state index contributed by atoms with van der Waals surface area (Å²) in [6.45, 7) is 0. The molecule has 0 radical (unpaired) electrons.